The van der Waals surface area contributed by atoms with Crippen LogP contribution in [-0.2, 0) is 4.79 Å². The molecule has 2 heterocycles. The average molecular weight is 338 g/mol. The van der Waals surface area contributed by atoms with Crippen LogP contribution >= 0.6 is 11.6 Å². The van der Waals surface area contributed by atoms with Gasteiger partial charge in [0.15, 0.2) is 5.78 Å². The number of fused-ring (bicyclic) bond motifs is 2. The summed E-state index contributed by atoms with van der Waals surface area (Å²) in [5.41, 5.74) is 3.70. The molecule has 1 aliphatic heterocycles. The van der Waals surface area contributed by atoms with Crippen molar-refractivity contribution in [1.82, 2.24) is 4.98 Å². The maximum atomic E-state index is 12.4. The van der Waals surface area contributed by atoms with E-state index in [1.807, 2.05) is 43.5 Å². The maximum absolute atomic E-state index is 12.4. The number of carbonyl (C=O) groups is 1. The van der Waals surface area contributed by atoms with E-state index >= 15 is 0 Å². The summed E-state index contributed by atoms with van der Waals surface area (Å²) in [6.07, 6.45) is 1.97. The minimum Gasteiger partial charge on any atom is -0.461 e. The lowest BCUT2D eigenvalue weighted by molar-refractivity contribution is -0.114. The molecule has 24 heavy (non-hydrogen) atoms. The van der Waals surface area contributed by atoms with Gasteiger partial charge in [-0.15, -0.1) is 0 Å². The van der Waals surface area contributed by atoms with E-state index in [1.54, 1.807) is 13.0 Å². The highest BCUT2D eigenvalue weighted by Gasteiger charge is 2.33. The molecule has 0 bridgehead atoms. The molecule has 1 aromatic heterocycles. The first-order valence-electron chi connectivity index (χ1n) is 7.81. The van der Waals surface area contributed by atoms with Gasteiger partial charge in [-0.25, -0.2) is 0 Å². The first-order chi connectivity index (χ1) is 11.6. The van der Waals surface area contributed by atoms with Crippen LogP contribution in [0.25, 0.3) is 10.9 Å². The molecule has 4 rings (SSSR count). The second kappa shape index (κ2) is 5.53. The molecular formula is C20H16ClNO2. The summed E-state index contributed by atoms with van der Waals surface area (Å²) in [4.78, 5) is 15.7. The standard InChI is InChI=1S/C20H16ClNO2/c1-11(23)19-12(2)24-18-8-7-13(21)9-15(18)20(19)16-10-22-17-6-4-3-5-14(16)17/h3-10,20,22H,1-2H3. The Kier molecular flexibility index (Phi) is 3.47. The lowest BCUT2D eigenvalue weighted by atomic mass is 9.80. The topological polar surface area (TPSA) is 42.1 Å². The fourth-order valence-electron chi connectivity index (χ4n) is 3.52. The molecule has 0 spiro atoms. The van der Waals surface area contributed by atoms with E-state index in [9.17, 15) is 4.79 Å². The van der Waals surface area contributed by atoms with E-state index in [0.29, 0.717) is 16.4 Å². The maximum Gasteiger partial charge on any atom is 0.160 e. The van der Waals surface area contributed by atoms with E-state index < -0.39 is 0 Å². The quantitative estimate of drug-likeness (QED) is 0.697. The van der Waals surface area contributed by atoms with Gasteiger partial charge in [0.05, 0.1) is 0 Å². The van der Waals surface area contributed by atoms with Crippen molar-refractivity contribution in [3.63, 3.8) is 0 Å². The number of H-pyrrole nitrogens is 1. The number of para-hydroxylation sites is 1. The lowest BCUT2D eigenvalue weighted by Gasteiger charge is -2.28. The first kappa shape index (κ1) is 15.0. The molecular weight excluding hydrogens is 322 g/mol. The van der Waals surface area contributed by atoms with Gasteiger partial charge in [0.25, 0.3) is 0 Å². The van der Waals surface area contributed by atoms with Crippen molar-refractivity contribution in [1.29, 1.82) is 0 Å². The third-order valence-corrected chi connectivity index (χ3v) is 4.76. The van der Waals surface area contributed by atoms with Gasteiger partial charge in [0.2, 0.25) is 0 Å². The number of halogens is 1. The minimum atomic E-state index is -0.193. The number of allylic oxidation sites excluding steroid dienone is 2. The SMILES string of the molecule is CC(=O)C1=C(C)Oc2ccc(Cl)cc2C1c1c[nH]c2ccccc12. The van der Waals surface area contributed by atoms with Crippen LogP contribution < -0.4 is 4.74 Å². The highest BCUT2D eigenvalue weighted by molar-refractivity contribution is 6.30. The van der Waals surface area contributed by atoms with Gasteiger partial charge in [-0.2, -0.15) is 0 Å². The molecule has 1 N–H and O–H groups in total. The van der Waals surface area contributed by atoms with Gasteiger partial charge >= 0.3 is 0 Å². The molecule has 3 nitrogen and oxygen atoms in total. The molecule has 0 radical (unpaired) electrons. The van der Waals surface area contributed by atoms with Gasteiger partial charge < -0.3 is 9.72 Å². The summed E-state index contributed by atoms with van der Waals surface area (Å²) >= 11 is 6.22. The van der Waals surface area contributed by atoms with Crippen molar-refractivity contribution < 1.29 is 9.53 Å². The van der Waals surface area contributed by atoms with E-state index in [4.69, 9.17) is 16.3 Å². The van der Waals surface area contributed by atoms with E-state index in [0.717, 1.165) is 27.8 Å². The Hall–Kier alpha value is -2.52. The second-order valence-electron chi connectivity index (χ2n) is 6.03. The molecule has 120 valence electrons. The number of carbonyl (C=O) groups excluding carboxylic acids is 1. The molecule has 0 saturated carbocycles. The first-order valence-corrected chi connectivity index (χ1v) is 8.19. The molecule has 2 aromatic carbocycles. The van der Waals surface area contributed by atoms with Crippen LogP contribution in [-0.4, -0.2) is 10.8 Å². The zero-order chi connectivity index (χ0) is 16.8. The normalized spacial score (nSPS) is 16.9. The van der Waals surface area contributed by atoms with Gasteiger partial charge in [-0.3, -0.25) is 4.79 Å². The van der Waals surface area contributed by atoms with Crippen LogP contribution in [0.5, 0.6) is 5.75 Å². The molecule has 1 aliphatic rings. The number of aromatic nitrogens is 1. The zero-order valence-corrected chi connectivity index (χ0v) is 14.1. The van der Waals surface area contributed by atoms with Gasteiger partial charge in [-0.05, 0) is 43.7 Å². The van der Waals surface area contributed by atoms with Crippen molar-refractivity contribution in [2.45, 2.75) is 19.8 Å². The number of rotatable bonds is 2. The van der Waals surface area contributed by atoms with Crippen LogP contribution in [0.2, 0.25) is 5.02 Å². The Morgan fingerprint density at radius 1 is 1.17 bits per heavy atom. The molecule has 0 fully saturated rings. The van der Waals surface area contributed by atoms with E-state index in [-0.39, 0.29) is 11.7 Å². The van der Waals surface area contributed by atoms with Crippen molar-refractivity contribution in [3.8, 4) is 5.75 Å². The Morgan fingerprint density at radius 2 is 1.96 bits per heavy atom. The van der Waals surface area contributed by atoms with Crippen LogP contribution in [0.1, 0.15) is 30.9 Å². The van der Waals surface area contributed by atoms with Crippen molar-refractivity contribution >= 4 is 28.3 Å². The predicted molar refractivity (Wildman–Crippen MR) is 95.6 cm³/mol. The number of hydrogen-bond acceptors (Lipinski definition) is 2. The van der Waals surface area contributed by atoms with Crippen LogP contribution in [0.4, 0.5) is 0 Å². The van der Waals surface area contributed by atoms with Crippen molar-refractivity contribution in [2.24, 2.45) is 0 Å². The minimum absolute atomic E-state index is 0.00778. The molecule has 0 aliphatic carbocycles. The molecule has 1 atom stereocenters. The molecule has 4 heteroatoms. The summed E-state index contributed by atoms with van der Waals surface area (Å²) in [6, 6.07) is 13.6. The number of hydrogen-bond donors (Lipinski definition) is 1. The number of benzene rings is 2. The predicted octanol–water partition coefficient (Wildman–Crippen LogP) is 5.21. The molecule has 0 saturated heterocycles. The molecule has 0 amide bonds. The van der Waals surface area contributed by atoms with Gasteiger partial charge in [0.1, 0.15) is 11.5 Å². The number of aromatic amines is 1. The fraction of sp³-hybridized carbons (Fsp3) is 0.150. The third kappa shape index (κ3) is 2.24. The molecule has 3 aromatic rings. The zero-order valence-electron chi connectivity index (χ0n) is 13.4. The summed E-state index contributed by atoms with van der Waals surface area (Å²) in [7, 11) is 0. The van der Waals surface area contributed by atoms with Crippen LogP contribution in [0.3, 0.4) is 0 Å². The lowest BCUT2D eigenvalue weighted by Crippen LogP contribution is -2.20. The number of nitrogens with one attached hydrogen (secondary N) is 1. The van der Waals surface area contributed by atoms with Crippen molar-refractivity contribution in [3.05, 3.63) is 76.1 Å². The largest absolute Gasteiger partial charge is 0.461 e. The van der Waals surface area contributed by atoms with Crippen LogP contribution in [0.15, 0.2) is 60.0 Å². The third-order valence-electron chi connectivity index (χ3n) is 4.53. The van der Waals surface area contributed by atoms with E-state index in [2.05, 4.69) is 11.1 Å². The smallest absolute Gasteiger partial charge is 0.160 e. The monoisotopic (exact) mass is 337 g/mol. The average Bonchev–Trinajstić information content (AvgIpc) is 2.97. The summed E-state index contributed by atoms with van der Waals surface area (Å²) in [6.45, 7) is 3.43. The Balaban J connectivity index is 2.03. The Labute approximate surface area is 144 Å². The molecule has 1 unspecified atom stereocenters. The second-order valence-corrected chi connectivity index (χ2v) is 6.47. The summed E-state index contributed by atoms with van der Waals surface area (Å²) in [5, 5.41) is 1.73. The van der Waals surface area contributed by atoms with Gasteiger partial charge in [0, 0.05) is 39.2 Å². The number of ether oxygens (including phenoxy) is 1. The van der Waals surface area contributed by atoms with E-state index in [1.165, 1.54) is 0 Å². The number of ketones is 1. The van der Waals surface area contributed by atoms with Crippen LogP contribution in [0, 0.1) is 0 Å². The fourth-order valence-corrected chi connectivity index (χ4v) is 3.70. The highest BCUT2D eigenvalue weighted by atomic mass is 35.5. The van der Waals surface area contributed by atoms with Crippen molar-refractivity contribution in [2.75, 3.05) is 0 Å². The number of Topliss-reactive ketones (excluding diaryl/α,β-unsaturated/α-hetero) is 1. The Bertz CT molecular complexity index is 1000. The van der Waals surface area contributed by atoms with Gasteiger partial charge in [-0.1, -0.05) is 29.8 Å². The summed E-state index contributed by atoms with van der Waals surface area (Å²) in [5.74, 6) is 1.21. The highest BCUT2D eigenvalue weighted by Crippen LogP contribution is 2.46. The summed E-state index contributed by atoms with van der Waals surface area (Å²) < 4.78 is 5.89. The Morgan fingerprint density at radius 3 is 2.75 bits per heavy atom.